The minimum absolute atomic E-state index is 0.00370. The quantitative estimate of drug-likeness (QED) is 0.0234. The first kappa shape index (κ1) is 52.8. The zero-order chi connectivity index (χ0) is 48.4. The van der Waals surface area contributed by atoms with Gasteiger partial charge in [0.25, 0.3) is 14.1 Å². The molecule has 4 aromatic rings. The highest BCUT2D eigenvalue weighted by Crippen LogP contribution is 2.52. The summed E-state index contributed by atoms with van der Waals surface area (Å²) in [5.41, 5.74) is -1.07. The highest BCUT2D eigenvalue weighted by atomic mass is 31.2. The van der Waals surface area contributed by atoms with Crippen LogP contribution in [0.4, 0.5) is 0 Å². The maximum atomic E-state index is 14.5. The molecule has 4 atom stereocenters. The van der Waals surface area contributed by atoms with Gasteiger partial charge in [0, 0.05) is 23.8 Å². The number of methoxy groups -OCH3 is 2. The number of hydrogen-bond donors (Lipinski definition) is 1. The van der Waals surface area contributed by atoms with E-state index >= 15 is 0 Å². The number of nitrogens with one attached hydrogen (secondary N) is 1. The summed E-state index contributed by atoms with van der Waals surface area (Å²) < 4.78 is 56.9. The van der Waals surface area contributed by atoms with Gasteiger partial charge in [0.2, 0.25) is 14.0 Å². The fourth-order valence-corrected chi connectivity index (χ4v) is 16.6. The molecule has 0 radical (unpaired) electrons. The largest absolute Gasteiger partial charge is 0.497 e. The molecule has 3 aromatic carbocycles. The van der Waals surface area contributed by atoms with E-state index in [9.17, 15) is 14.9 Å². The smallest absolute Gasteiger partial charge is 0.330 e. The van der Waals surface area contributed by atoms with Crippen LogP contribution >= 0.6 is 8.53 Å². The molecule has 5 rings (SSSR count). The maximum Gasteiger partial charge on any atom is 0.330 e. The summed E-state index contributed by atoms with van der Waals surface area (Å²) in [7, 11) is -1.09. The SMILES string of the molecule is COc1ccc(C(OC[C@]2(n3cc(C)c(=O)[nH]c3=O)OC[C@H](OP(OCCC#N)N(C(C)C)C(C)C)[C@@H]2OCO[Si](C(C)C)(C(C)C)C(C)C)(c2ccccc2)c2ccc(OC)cc2)cc1. The first-order valence-corrected chi connectivity index (χ1v) is 26.2. The molecule has 1 N–H and O–H groups in total. The Morgan fingerprint density at radius 3 is 1.86 bits per heavy atom. The van der Waals surface area contributed by atoms with E-state index in [0.717, 1.165) is 16.7 Å². The molecule has 1 unspecified atom stereocenters. The molecule has 1 aliphatic heterocycles. The van der Waals surface area contributed by atoms with E-state index in [1.165, 1.54) is 10.8 Å². The van der Waals surface area contributed by atoms with Crippen LogP contribution in [0.25, 0.3) is 0 Å². The summed E-state index contributed by atoms with van der Waals surface area (Å²) in [5.74, 6) is 1.31. The van der Waals surface area contributed by atoms with Crippen LogP contribution in [-0.2, 0) is 39.0 Å². The first-order valence-electron chi connectivity index (χ1n) is 22.9. The van der Waals surface area contributed by atoms with Gasteiger partial charge in [-0.15, -0.1) is 0 Å². The second kappa shape index (κ2) is 23.2. The third kappa shape index (κ3) is 11.0. The average Bonchev–Trinajstić information content (AvgIpc) is 3.63. The van der Waals surface area contributed by atoms with Crippen LogP contribution in [-0.4, -0.2) is 87.7 Å². The van der Waals surface area contributed by atoms with Crippen molar-refractivity contribution in [1.29, 1.82) is 5.26 Å². The van der Waals surface area contributed by atoms with E-state index in [0.29, 0.717) is 11.5 Å². The molecule has 16 heteroatoms. The van der Waals surface area contributed by atoms with E-state index < -0.39 is 51.6 Å². The van der Waals surface area contributed by atoms with Gasteiger partial charge in [-0.25, -0.2) is 9.46 Å². The summed E-state index contributed by atoms with van der Waals surface area (Å²) >= 11 is 0. The van der Waals surface area contributed by atoms with Gasteiger partial charge in [-0.05, 0) is 92.2 Å². The van der Waals surface area contributed by atoms with Crippen molar-refractivity contribution in [3.8, 4) is 17.6 Å². The minimum atomic E-state index is -2.51. The van der Waals surface area contributed by atoms with Gasteiger partial charge in [0.15, 0.2) is 0 Å². The normalized spacial score (nSPS) is 18.5. The van der Waals surface area contributed by atoms with Crippen molar-refractivity contribution in [2.75, 3.05) is 40.8 Å². The average molecular weight is 947 g/mol. The fourth-order valence-electron chi connectivity index (χ4n) is 9.66. The van der Waals surface area contributed by atoms with Gasteiger partial charge in [0.1, 0.15) is 36.1 Å². The molecule has 1 aromatic heterocycles. The number of nitriles is 1. The van der Waals surface area contributed by atoms with Crippen molar-refractivity contribution in [2.45, 2.75) is 135 Å². The second-order valence-electron chi connectivity index (χ2n) is 18.2. The van der Waals surface area contributed by atoms with Crippen molar-refractivity contribution in [1.82, 2.24) is 14.2 Å². The van der Waals surface area contributed by atoms with Crippen LogP contribution in [0.3, 0.4) is 0 Å². The molecule has 0 bridgehead atoms. The molecule has 1 saturated heterocycles. The molecular formula is C50H71N4O10PSi. The van der Waals surface area contributed by atoms with Crippen molar-refractivity contribution in [3.63, 3.8) is 0 Å². The fraction of sp³-hybridized carbons (Fsp3) is 0.540. The Hall–Kier alpha value is -4.20. The topological polar surface area (TPSA) is 156 Å². The molecule has 360 valence electrons. The van der Waals surface area contributed by atoms with Gasteiger partial charge < -0.3 is 37.2 Å². The van der Waals surface area contributed by atoms with Gasteiger partial charge in [-0.2, -0.15) is 5.26 Å². The number of aromatic amines is 1. The van der Waals surface area contributed by atoms with Crippen molar-refractivity contribution < 1.29 is 37.2 Å². The van der Waals surface area contributed by atoms with Crippen LogP contribution in [0.15, 0.2) is 94.6 Å². The van der Waals surface area contributed by atoms with E-state index in [-0.39, 0.29) is 67.3 Å². The van der Waals surface area contributed by atoms with Crippen LogP contribution in [0.2, 0.25) is 16.6 Å². The summed E-state index contributed by atoms with van der Waals surface area (Å²) in [6.45, 7) is 22.8. The van der Waals surface area contributed by atoms with Crippen molar-refractivity contribution in [3.05, 3.63) is 128 Å². The second-order valence-corrected chi connectivity index (χ2v) is 25.1. The van der Waals surface area contributed by atoms with Gasteiger partial charge >= 0.3 is 5.69 Å². The Kier molecular flexibility index (Phi) is 18.5. The summed E-state index contributed by atoms with van der Waals surface area (Å²) in [6, 6.07) is 27.3. The Bertz CT molecular complexity index is 2220. The van der Waals surface area contributed by atoms with Gasteiger partial charge in [0.05, 0.1) is 46.5 Å². The predicted molar refractivity (Wildman–Crippen MR) is 260 cm³/mol. The molecule has 0 saturated carbocycles. The first-order chi connectivity index (χ1) is 31.4. The van der Waals surface area contributed by atoms with Crippen LogP contribution < -0.4 is 20.7 Å². The molecule has 1 fully saturated rings. The number of benzene rings is 3. The summed E-state index contributed by atoms with van der Waals surface area (Å²) in [5, 5.41) is 9.52. The molecule has 66 heavy (non-hydrogen) atoms. The number of ether oxygens (including phenoxy) is 5. The predicted octanol–water partition coefficient (Wildman–Crippen LogP) is 9.75. The van der Waals surface area contributed by atoms with Crippen molar-refractivity contribution >= 4 is 16.8 Å². The molecule has 14 nitrogen and oxygen atoms in total. The van der Waals surface area contributed by atoms with Crippen LogP contribution in [0.1, 0.15) is 97.9 Å². The molecule has 0 aliphatic carbocycles. The molecule has 2 heterocycles. The number of aryl methyl sites for hydroxylation is 1. The minimum Gasteiger partial charge on any atom is -0.497 e. The Morgan fingerprint density at radius 2 is 1.38 bits per heavy atom. The van der Waals surface area contributed by atoms with E-state index in [1.54, 1.807) is 21.1 Å². The van der Waals surface area contributed by atoms with E-state index in [1.807, 2.05) is 78.9 Å². The van der Waals surface area contributed by atoms with Gasteiger partial charge in [-0.3, -0.25) is 14.3 Å². The summed E-state index contributed by atoms with van der Waals surface area (Å²) in [6.07, 6.45) is -0.309. The standard InChI is InChI=1S/C50H71N4O10PSi/c1-34(2)54(35(3)4)65(62-29-17-28-51)64-45-31-60-49(53-30-39(11)47(55)52-48(53)56,46(45)59-33-63-66(36(5)6,37(7)8)38(9)10)32-61-50(40-18-15-14-16-19-40,41-20-24-43(57-12)25-21-41)42-22-26-44(58-13)27-23-42/h14-16,18-27,30,34-38,45-46H,17,29,31-33H2,1-13H3,(H,52,55,56)/t45-,46-,49-,65?/m0/s1. The van der Waals surface area contributed by atoms with E-state index in [2.05, 4.69) is 85.0 Å². The lowest BCUT2D eigenvalue weighted by Gasteiger charge is -2.44. The van der Waals surface area contributed by atoms with Gasteiger partial charge in [-0.1, -0.05) is 96.1 Å². The molecule has 0 amide bonds. The number of hydrogen-bond acceptors (Lipinski definition) is 12. The third-order valence-electron chi connectivity index (χ3n) is 12.6. The Morgan fingerprint density at radius 1 is 0.848 bits per heavy atom. The Labute approximate surface area is 393 Å². The monoisotopic (exact) mass is 946 g/mol. The number of rotatable bonds is 24. The lowest BCUT2D eigenvalue weighted by atomic mass is 9.79. The molecule has 1 aliphatic rings. The van der Waals surface area contributed by atoms with E-state index in [4.69, 9.17) is 37.2 Å². The maximum absolute atomic E-state index is 14.5. The van der Waals surface area contributed by atoms with Crippen LogP contribution in [0.5, 0.6) is 11.5 Å². The number of aromatic nitrogens is 2. The summed E-state index contributed by atoms with van der Waals surface area (Å²) in [4.78, 5) is 30.1. The number of nitrogens with zero attached hydrogens (tertiary/aromatic N) is 3. The third-order valence-corrected chi connectivity index (χ3v) is 20.8. The highest BCUT2D eigenvalue weighted by molar-refractivity contribution is 7.44. The molecular weight excluding hydrogens is 876 g/mol. The lowest BCUT2D eigenvalue weighted by molar-refractivity contribution is -0.212. The van der Waals surface area contributed by atoms with Crippen molar-refractivity contribution in [2.24, 2.45) is 0 Å². The lowest BCUT2D eigenvalue weighted by Crippen LogP contribution is -2.57. The zero-order valence-corrected chi connectivity index (χ0v) is 42.9. The Balaban J connectivity index is 1.79. The zero-order valence-electron chi connectivity index (χ0n) is 41.0. The number of H-pyrrole nitrogens is 1. The van der Waals surface area contributed by atoms with Crippen LogP contribution in [0, 0.1) is 18.3 Å². The molecule has 0 spiro atoms. The highest BCUT2D eigenvalue weighted by Gasteiger charge is 2.58.